The first kappa shape index (κ1) is 7.36. The van der Waals surface area contributed by atoms with Crippen LogP contribution in [-0.2, 0) is 4.79 Å². The van der Waals surface area contributed by atoms with Crippen LogP contribution in [0, 0.1) is 0 Å². The quantitative estimate of drug-likeness (QED) is 0.328. The van der Waals surface area contributed by atoms with Gasteiger partial charge in [-0.1, -0.05) is 5.70 Å². The van der Waals surface area contributed by atoms with Crippen molar-refractivity contribution in [3.63, 3.8) is 0 Å². The van der Waals surface area contributed by atoms with Crippen molar-refractivity contribution in [1.82, 2.24) is 0 Å². The third-order valence-electron chi connectivity index (χ3n) is 0.721. The van der Waals surface area contributed by atoms with Crippen molar-refractivity contribution in [2.24, 2.45) is 0 Å². The Kier molecular flexibility index (Phi) is 3.10. The van der Waals surface area contributed by atoms with Gasteiger partial charge >= 0.3 is 5.97 Å². The van der Waals surface area contributed by atoms with Gasteiger partial charge in [-0.05, 0) is 6.92 Å². The lowest BCUT2D eigenvalue weighted by molar-refractivity contribution is -0.132. The summed E-state index contributed by atoms with van der Waals surface area (Å²) >= 11 is 0. The molecule has 0 unspecified atom stereocenters. The molecule has 0 spiro atoms. The standard InChI is InChI=1S/C4H7FO2Si/c1-3(2-8-5)4(6)7/h2H,8H2,1H3,(H,6,7). The van der Waals surface area contributed by atoms with E-state index in [9.17, 15) is 8.90 Å². The second-order valence-electron chi connectivity index (χ2n) is 1.35. The number of carboxylic acid groups (broad SMARTS) is 1. The average molecular weight is 134 g/mol. The molecule has 0 aliphatic heterocycles. The van der Waals surface area contributed by atoms with Gasteiger partial charge in [0.25, 0.3) is 0 Å². The van der Waals surface area contributed by atoms with Crippen LogP contribution in [-0.4, -0.2) is 20.9 Å². The summed E-state index contributed by atoms with van der Waals surface area (Å²) in [7, 11) is -1.72. The lowest BCUT2D eigenvalue weighted by Gasteiger charge is -1.85. The van der Waals surface area contributed by atoms with Crippen LogP contribution in [0.4, 0.5) is 4.11 Å². The number of hydrogen-bond acceptors (Lipinski definition) is 1. The first-order chi connectivity index (χ1) is 3.68. The van der Waals surface area contributed by atoms with Gasteiger partial charge in [0.1, 0.15) is 0 Å². The maximum Gasteiger partial charge on any atom is 0.330 e. The van der Waals surface area contributed by atoms with Crippen LogP contribution in [0.3, 0.4) is 0 Å². The Hall–Kier alpha value is -0.643. The molecule has 0 aromatic heterocycles. The molecule has 0 aromatic carbocycles. The topological polar surface area (TPSA) is 37.3 Å². The summed E-state index contributed by atoms with van der Waals surface area (Å²) in [6, 6.07) is 0. The van der Waals surface area contributed by atoms with Gasteiger partial charge in [-0.2, -0.15) is 0 Å². The summed E-state index contributed by atoms with van der Waals surface area (Å²) in [6.45, 7) is 1.38. The molecule has 4 heteroatoms. The first-order valence-corrected chi connectivity index (χ1v) is 3.49. The highest BCUT2D eigenvalue weighted by Crippen LogP contribution is 1.88. The van der Waals surface area contributed by atoms with Gasteiger partial charge in [-0.15, -0.1) is 0 Å². The highest BCUT2D eigenvalue weighted by molar-refractivity contribution is 6.34. The predicted molar refractivity (Wildman–Crippen MR) is 31.0 cm³/mol. The highest BCUT2D eigenvalue weighted by atomic mass is 28.3. The smallest absolute Gasteiger partial charge is 0.330 e. The summed E-state index contributed by atoms with van der Waals surface area (Å²) in [5, 5.41) is 8.10. The predicted octanol–water partition coefficient (Wildman–Crippen LogP) is 0.0281. The minimum Gasteiger partial charge on any atom is -0.478 e. The van der Waals surface area contributed by atoms with Crippen LogP contribution in [0.2, 0.25) is 0 Å². The number of carboxylic acids is 1. The van der Waals surface area contributed by atoms with Crippen LogP contribution < -0.4 is 0 Å². The Labute approximate surface area is 49.0 Å². The normalized spacial score (nSPS) is 13.0. The van der Waals surface area contributed by atoms with E-state index in [1.807, 2.05) is 0 Å². The van der Waals surface area contributed by atoms with Crippen molar-refractivity contribution in [2.75, 3.05) is 0 Å². The van der Waals surface area contributed by atoms with Crippen LogP contribution in [0.15, 0.2) is 11.3 Å². The van der Waals surface area contributed by atoms with Crippen molar-refractivity contribution in [1.29, 1.82) is 0 Å². The molecule has 0 bridgehead atoms. The SMILES string of the molecule is CC(=C[SiH2]F)C(=O)O. The third-order valence-corrected chi connectivity index (χ3v) is 1.49. The van der Waals surface area contributed by atoms with Gasteiger partial charge in [0.05, 0.1) is 0 Å². The molecule has 0 rings (SSSR count). The van der Waals surface area contributed by atoms with E-state index in [1.165, 1.54) is 6.92 Å². The van der Waals surface area contributed by atoms with E-state index in [0.717, 1.165) is 5.70 Å². The minimum atomic E-state index is -1.72. The summed E-state index contributed by atoms with van der Waals surface area (Å²) in [5.41, 5.74) is 1.27. The van der Waals surface area contributed by atoms with Crippen molar-refractivity contribution in [3.8, 4) is 0 Å². The van der Waals surface area contributed by atoms with Crippen LogP contribution >= 0.6 is 0 Å². The molecule has 46 valence electrons. The molecule has 0 aliphatic carbocycles. The van der Waals surface area contributed by atoms with Gasteiger partial charge in [0, 0.05) is 5.57 Å². The zero-order valence-electron chi connectivity index (χ0n) is 4.52. The number of aliphatic carboxylic acids is 1. The van der Waals surface area contributed by atoms with Gasteiger partial charge in [0.2, 0.25) is 9.85 Å². The third kappa shape index (κ3) is 2.52. The molecule has 0 radical (unpaired) electrons. The van der Waals surface area contributed by atoms with Gasteiger partial charge in [-0.3, -0.25) is 0 Å². The molecule has 0 fully saturated rings. The van der Waals surface area contributed by atoms with E-state index in [4.69, 9.17) is 5.11 Å². The molecule has 0 atom stereocenters. The maximum atomic E-state index is 11.4. The summed E-state index contributed by atoms with van der Waals surface area (Å²) in [4.78, 5) is 9.88. The van der Waals surface area contributed by atoms with Crippen molar-refractivity contribution >= 4 is 15.8 Å². The van der Waals surface area contributed by atoms with Gasteiger partial charge < -0.3 is 9.21 Å². The van der Waals surface area contributed by atoms with Crippen molar-refractivity contribution < 1.29 is 14.0 Å². The van der Waals surface area contributed by atoms with Crippen LogP contribution in [0.1, 0.15) is 6.92 Å². The summed E-state index contributed by atoms with van der Waals surface area (Å²) in [5.74, 6) is -1.03. The maximum absolute atomic E-state index is 11.4. The highest BCUT2D eigenvalue weighted by Gasteiger charge is 1.96. The van der Waals surface area contributed by atoms with E-state index in [-0.39, 0.29) is 5.57 Å². The number of carbonyl (C=O) groups is 1. The Bertz CT molecular complexity index is 121. The zero-order valence-corrected chi connectivity index (χ0v) is 5.93. The van der Waals surface area contributed by atoms with E-state index in [1.54, 1.807) is 0 Å². The fraction of sp³-hybridized carbons (Fsp3) is 0.250. The Morgan fingerprint density at radius 2 is 2.38 bits per heavy atom. The Morgan fingerprint density at radius 1 is 1.88 bits per heavy atom. The first-order valence-electron chi connectivity index (χ1n) is 2.14. The molecule has 0 aliphatic rings. The average Bonchev–Trinajstić information content (AvgIpc) is 1.67. The van der Waals surface area contributed by atoms with Crippen LogP contribution in [0.5, 0.6) is 0 Å². The lowest BCUT2D eigenvalue weighted by Crippen LogP contribution is -1.96. The molecular formula is C4H7FO2Si. The lowest BCUT2D eigenvalue weighted by atomic mass is 10.4. The molecule has 0 amide bonds. The molecule has 0 saturated carbocycles. The molecule has 2 nitrogen and oxygen atoms in total. The molecule has 0 saturated heterocycles. The fourth-order valence-electron chi connectivity index (χ4n) is 0.203. The fourth-order valence-corrected chi connectivity index (χ4v) is 0.609. The monoisotopic (exact) mass is 134 g/mol. The van der Waals surface area contributed by atoms with E-state index in [0.29, 0.717) is 0 Å². The largest absolute Gasteiger partial charge is 0.478 e. The molecular weight excluding hydrogens is 127 g/mol. The number of rotatable bonds is 2. The molecule has 0 aromatic rings. The van der Waals surface area contributed by atoms with Gasteiger partial charge in [0.15, 0.2) is 0 Å². The number of hydrogen-bond donors (Lipinski definition) is 1. The van der Waals surface area contributed by atoms with E-state index >= 15 is 0 Å². The molecule has 8 heavy (non-hydrogen) atoms. The molecule has 0 heterocycles. The van der Waals surface area contributed by atoms with Crippen molar-refractivity contribution in [2.45, 2.75) is 6.92 Å². The van der Waals surface area contributed by atoms with Crippen molar-refractivity contribution in [3.05, 3.63) is 11.3 Å². The summed E-state index contributed by atoms with van der Waals surface area (Å²) < 4.78 is 11.4. The van der Waals surface area contributed by atoms with Gasteiger partial charge in [-0.25, -0.2) is 4.79 Å². The second kappa shape index (κ2) is 3.37. The van der Waals surface area contributed by atoms with E-state index in [2.05, 4.69) is 0 Å². The Balaban J connectivity index is 3.80. The zero-order chi connectivity index (χ0) is 6.57. The number of halogens is 1. The second-order valence-corrected chi connectivity index (χ2v) is 2.06. The minimum absolute atomic E-state index is 0.110. The summed E-state index contributed by atoms with van der Waals surface area (Å²) in [6.07, 6.45) is 0. The molecule has 1 N–H and O–H groups in total. The Morgan fingerprint density at radius 3 is 2.50 bits per heavy atom. The van der Waals surface area contributed by atoms with E-state index < -0.39 is 15.8 Å². The van der Waals surface area contributed by atoms with Crippen LogP contribution in [0.25, 0.3) is 0 Å².